The van der Waals surface area contributed by atoms with Crippen molar-refractivity contribution in [1.82, 2.24) is 10.6 Å². The van der Waals surface area contributed by atoms with Crippen molar-refractivity contribution in [3.63, 3.8) is 0 Å². The van der Waals surface area contributed by atoms with Gasteiger partial charge in [0.1, 0.15) is 5.56 Å². The minimum atomic E-state index is -0.501. The van der Waals surface area contributed by atoms with Crippen molar-refractivity contribution in [3.05, 3.63) is 39.4 Å². The van der Waals surface area contributed by atoms with Crippen molar-refractivity contribution in [2.24, 2.45) is 0 Å². The maximum Gasteiger partial charge on any atom is 0.285 e. The predicted molar refractivity (Wildman–Crippen MR) is 75.8 cm³/mol. The molecule has 0 heterocycles. The summed E-state index contributed by atoms with van der Waals surface area (Å²) in [5, 5.41) is 17.1. The van der Waals surface area contributed by atoms with E-state index >= 15 is 0 Å². The Balaban J connectivity index is 1.87. The molecule has 1 saturated carbocycles. The zero-order valence-corrected chi connectivity index (χ0v) is 11.5. The lowest BCUT2D eigenvalue weighted by molar-refractivity contribution is -0.385. The Morgan fingerprint density at radius 3 is 2.80 bits per heavy atom. The minimum absolute atomic E-state index is 0.110. The number of nitrogens with zero attached hydrogens (tertiary/aromatic N) is 1. The number of carbonyl (C=O) groups excluding carboxylic acids is 1. The highest BCUT2D eigenvalue weighted by Crippen LogP contribution is 2.22. The summed E-state index contributed by atoms with van der Waals surface area (Å²) in [4.78, 5) is 22.5. The lowest BCUT2D eigenvalue weighted by atomic mass is 10.1. The predicted octanol–water partition coefficient (Wildman–Crippen LogP) is 1.78. The van der Waals surface area contributed by atoms with Gasteiger partial charge >= 0.3 is 0 Å². The summed E-state index contributed by atoms with van der Waals surface area (Å²) in [6, 6.07) is 5.44. The van der Waals surface area contributed by atoms with Gasteiger partial charge in [0.2, 0.25) is 0 Å². The van der Waals surface area contributed by atoms with Gasteiger partial charge in [0.15, 0.2) is 0 Å². The fraction of sp³-hybridized carbons (Fsp3) is 0.500. The third-order valence-corrected chi connectivity index (χ3v) is 3.31. The van der Waals surface area contributed by atoms with Gasteiger partial charge in [-0.25, -0.2) is 0 Å². The van der Waals surface area contributed by atoms with Crippen LogP contribution in [0.15, 0.2) is 18.2 Å². The van der Waals surface area contributed by atoms with Crippen LogP contribution in [0.25, 0.3) is 0 Å². The molecule has 1 aliphatic rings. The van der Waals surface area contributed by atoms with Crippen LogP contribution in [0.2, 0.25) is 0 Å². The molecule has 2 rings (SSSR count). The highest BCUT2D eigenvalue weighted by Gasteiger charge is 2.22. The van der Waals surface area contributed by atoms with Gasteiger partial charge in [-0.3, -0.25) is 14.9 Å². The molecule has 0 aromatic heterocycles. The number of nitro groups is 1. The number of rotatable bonds is 7. The summed E-state index contributed by atoms with van der Waals surface area (Å²) >= 11 is 0. The number of para-hydroxylation sites is 1. The summed E-state index contributed by atoms with van der Waals surface area (Å²) in [7, 11) is 0. The van der Waals surface area contributed by atoms with E-state index in [0.29, 0.717) is 18.2 Å². The van der Waals surface area contributed by atoms with Crippen LogP contribution in [0.1, 0.15) is 35.2 Å². The van der Waals surface area contributed by atoms with E-state index in [1.54, 1.807) is 19.1 Å². The summed E-state index contributed by atoms with van der Waals surface area (Å²) in [6.45, 7) is 3.01. The van der Waals surface area contributed by atoms with Crippen molar-refractivity contribution >= 4 is 11.6 Å². The van der Waals surface area contributed by atoms with E-state index in [1.807, 2.05) is 0 Å². The molecule has 0 unspecified atom stereocenters. The van der Waals surface area contributed by atoms with Crippen molar-refractivity contribution in [2.75, 3.05) is 13.1 Å². The Labute approximate surface area is 117 Å². The van der Waals surface area contributed by atoms with Crippen molar-refractivity contribution in [2.45, 2.75) is 32.2 Å². The van der Waals surface area contributed by atoms with Crippen molar-refractivity contribution in [1.29, 1.82) is 0 Å². The third-order valence-electron chi connectivity index (χ3n) is 3.31. The smallest absolute Gasteiger partial charge is 0.285 e. The van der Waals surface area contributed by atoms with Gasteiger partial charge in [0.25, 0.3) is 11.6 Å². The van der Waals surface area contributed by atoms with Crippen LogP contribution in [0, 0.1) is 17.0 Å². The first-order valence-electron chi connectivity index (χ1n) is 6.85. The summed E-state index contributed by atoms with van der Waals surface area (Å²) in [5.41, 5.74) is 0.518. The van der Waals surface area contributed by atoms with Crippen LogP contribution in [0.5, 0.6) is 0 Å². The van der Waals surface area contributed by atoms with E-state index in [4.69, 9.17) is 0 Å². The van der Waals surface area contributed by atoms with Crippen LogP contribution in [-0.4, -0.2) is 30.0 Å². The van der Waals surface area contributed by atoms with Gasteiger partial charge in [0, 0.05) is 18.2 Å². The fourth-order valence-corrected chi connectivity index (χ4v) is 2.06. The van der Waals surface area contributed by atoms with E-state index in [0.717, 1.165) is 13.0 Å². The van der Waals surface area contributed by atoms with E-state index < -0.39 is 4.92 Å². The molecule has 6 heteroatoms. The highest BCUT2D eigenvalue weighted by atomic mass is 16.6. The maximum atomic E-state index is 12.0. The molecule has 0 atom stereocenters. The number of benzene rings is 1. The van der Waals surface area contributed by atoms with Crippen LogP contribution in [0.3, 0.4) is 0 Å². The number of hydrogen-bond acceptors (Lipinski definition) is 4. The maximum absolute atomic E-state index is 12.0. The average Bonchev–Trinajstić information content (AvgIpc) is 3.21. The minimum Gasteiger partial charge on any atom is -0.352 e. The van der Waals surface area contributed by atoms with Crippen LogP contribution in [-0.2, 0) is 0 Å². The van der Waals surface area contributed by atoms with Crippen LogP contribution >= 0.6 is 0 Å². The van der Waals surface area contributed by atoms with Crippen LogP contribution in [0.4, 0.5) is 5.69 Å². The van der Waals surface area contributed by atoms with Gasteiger partial charge in [-0.2, -0.15) is 0 Å². The van der Waals surface area contributed by atoms with Gasteiger partial charge in [0.05, 0.1) is 4.92 Å². The second-order valence-corrected chi connectivity index (χ2v) is 5.07. The van der Waals surface area contributed by atoms with E-state index in [9.17, 15) is 14.9 Å². The first-order valence-corrected chi connectivity index (χ1v) is 6.85. The van der Waals surface area contributed by atoms with Gasteiger partial charge in [-0.05, 0) is 38.8 Å². The van der Waals surface area contributed by atoms with Gasteiger partial charge in [-0.15, -0.1) is 0 Å². The standard InChI is InChI=1S/C14H19N3O3/c1-10-4-2-5-12(13(10)17(19)20)14(18)16-9-3-8-15-11-6-7-11/h2,4-5,11,15H,3,6-9H2,1H3,(H,16,18). The molecule has 1 aromatic rings. The second-order valence-electron chi connectivity index (χ2n) is 5.07. The fourth-order valence-electron chi connectivity index (χ4n) is 2.06. The normalized spacial score (nSPS) is 14.1. The monoisotopic (exact) mass is 277 g/mol. The molecule has 2 N–H and O–H groups in total. The molecule has 6 nitrogen and oxygen atoms in total. The second kappa shape index (κ2) is 6.47. The number of nitrogens with one attached hydrogen (secondary N) is 2. The molecule has 0 bridgehead atoms. The van der Waals surface area contributed by atoms with E-state index in [1.165, 1.54) is 18.9 Å². The number of amides is 1. The Morgan fingerprint density at radius 1 is 1.40 bits per heavy atom. The Hall–Kier alpha value is -1.95. The molecule has 1 fully saturated rings. The summed E-state index contributed by atoms with van der Waals surface area (Å²) in [5.74, 6) is -0.383. The number of hydrogen-bond donors (Lipinski definition) is 2. The molecular weight excluding hydrogens is 258 g/mol. The molecule has 108 valence electrons. The topological polar surface area (TPSA) is 84.3 Å². The van der Waals surface area contributed by atoms with Gasteiger partial charge < -0.3 is 10.6 Å². The van der Waals surface area contributed by atoms with E-state index in [2.05, 4.69) is 10.6 Å². The van der Waals surface area contributed by atoms with Crippen molar-refractivity contribution < 1.29 is 9.72 Å². The molecule has 20 heavy (non-hydrogen) atoms. The van der Waals surface area contributed by atoms with Gasteiger partial charge in [-0.1, -0.05) is 12.1 Å². The largest absolute Gasteiger partial charge is 0.352 e. The zero-order chi connectivity index (χ0) is 14.5. The number of aryl methyl sites for hydroxylation is 1. The summed E-state index contributed by atoms with van der Waals surface area (Å²) < 4.78 is 0. The lowest BCUT2D eigenvalue weighted by Gasteiger charge is -2.07. The Bertz CT molecular complexity index is 512. The molecule has 0 spiro atoms. The molecule has 0 saturated heterocycles. The van der Waals surface area contributed by atoms with Crippen molar-refractivity contribution in [3.8, 4) is 0 Å². The number of carbonyl (C=O) groups is 1. The molecule has 1 amide bonds. The highest BCUT2D eigenvalue weighted by molar-refractivity contribution is 5.98. The molecular formula is C14H19N3O3. The SMILES string of the molecule is Cc1cccc(C(=O)NCCCNC2CC2)c1[N+](=O)[O-]. The zero-order valence-electron chi connectivity index (χ0n) is 11.5. The lowest BCUT2D eigenvalue weighted by Crippen LogP contribution is -2.28. The molecule has 1 aliphatic carbocycles. The first-order chi connectivity index (χ1) is 9.59. The summed E-state index contributed by atoms with van der Waals surface area (Å²) in [6.07, 6.45) is 3.30. The first kappa shape index (κ1) is 14.5. The van der Waals surface area contributed by atoms with Crippen LogP contribution < -0.4 is 10.6 Å². The quantitative estimate of drug-likeness (QED) is 0.452. The van der Waals surface area contributed by atoms with E-state index in [-0.39, 0.29) is 17.2 Å². The average molecular weight is 277 g/mol. The third kappa shape index (κ3) is 3.77. The molecule has 0 aliphatic heterocycles. The number of nitro benzene ring substituents is 1. The molecule has 0 radical (unpaired) electrons. The Morgan fingerprint density at radius 2 is 2.15 bits per heavy atom. The molecule has 1 aromatic carbocycles. The Kier molecular flexibility index (Phi) is 4.68.